The predicted molar refractivity (Wildman–Crippen MR) is 121 cm³/mol. The number of aromatic nitrogens is 2. The van der Waals surface area contributed by atoms with Crippen molar-refractivity contribution in [2.45, 2.75) is 42.3 Å². The van der Waals surface area contributed by atoms with E-state index >= 15 is 0 Å². The number of amides is 1. The van der Waals surface area contributed by atoms with Gasteiger partial charge in [0.15, 0.2) is 5.16 Å². The first-order chi connectivity index (χ1) is 15.0. The van der Waals surface area contributed by atoms with E-state index in [0.29, 0.717) is 22.5 Å². The van der Waals surface area contributed by atoms with Crippen LogP contribution in [0.4, 0.5) is 0 Å². The van der Waals surface area contributed by atoms with E-state index < -0.39 is 17.9 Å². The summed E-state index contributed by atoms with van der Waals surface area (Å²) in [5.41, 5.74) is 2.03. The average molecular weight is 456 g/mol. The molecule has 0 unspecified atom stereocenters. The molecule has 3 aromatic rings. The first-order valence-corrected chi connectivity index (χ1v) is 11.3. The molecule has 2 aromatic carbocycles. The lowest BCUT2D eigenvalue weighted by Gasteiger charge is -2.17. The van der Waals surface area contributed by atoms with Crippen LogP contribution in [0.2, 0.25) is 5.02 Å². The zero-order valence-corrected chi connectivity index (χ0v) is 18.3. The van der Waals surface area contributed by atoms with Gasteiger partial charge >= 0.3 is 5.97 Å². The number of carboxylic acids is 1. The molecule has 0 radical (unpaired) electrons. The summed E-state index contributed by atoms with van der Waals surface area (Å²) in [7, 11) is 0. The van der Waals surface area contributed by atoms with Crippen molar-refractivity contribution in [3.63, 3.8) is 0 Å². The van der Waals surface area contributed by atoms with E-state index in [1.54, 1.807) is 11.8 Å². The summed E-state index contributed by atoms with van der Waals surface area (Å²) in [5.74, 6) is -1.55. The second-order valence-electron chi connectivity index (χ2n) is 7.47. The number of aliphatic carboxylic acids is 1. The number of rotatable bonds is 9. The normalized spacial score (nSPS) is 14.2. The molecule has 1 atom stereocenters. The van der Waals surface area contributed by atoms with Crippen molar-refractivity contribution in [2.24, 2.45) is 0 Å². The van der Waals surface area contributed by atoms with Gasteiger partial charge in [-0.25, -0.2) is 9.78 Å². The van der Waals surface area contributed by atoms with Crippen LogP contribution >= 0.6 is 23.4 Å². The molecule has 0 saturated heterocycles. The molecule has 8 heteroatoms. The Labute approximate surface area is 189 Å². The molecule has 31 heavy (non-hydrogen) atoms. The first-order valence-electron chi connectivity index (χ1n) is 10.0. The number of carbonyl (C=O) groups excluding carboxylic acids is 1. The Morgan fingerprint density at radius 3 is 2.55 bits per heavy atom. The topological polar surface area (TPSA) is 84.2 Å². The molecule has 1 aromatic heterocycles. The van der Waals surface area contributed by atoms with Gasteiger partial charge in [0.05, 0.1) is 12.7 Å². The lowest BCUT2D eigenvalue weighted by atomic mass is 10.1. The summed E-state index contributed by atoms with van der Waals surface area (Å²) in [6.45, 7) is 0.383. The largest absolute Gasteiger partial charge is 0.480 e. The van der Waals surface area contributed by atoms with Gasteiger partial charge < -0.3 is 15.0 Å². The van der Waals surface area contributed by atoms with E-state index in [4.69, 9.17) is 11.6 Å². The Hall–Kier alpha value is -2.77. The molecule has 0 aliphatic heterocycles. The summed E-state index contributed by atoms with van der Waals surface area (Å²) in [4.78, 5) is 29.3. The third kappa shape index (κ3) is 5.48. The quantitative estimate of drug-likeness (QED) is 0.503. The number of carboxylic acid groups (broad SMARTS) is 1. The third-order valence-electron chi connectivity index (χ3n) is 5.02. The number of benzene rings is 2. The van der Waals surface area contributed by atoms with Crippen LogP contribution in [-0.2, 0) is 17.8 Å². The summed E-state index contributed by atoms with van der Waals surface area (Å²) < 4.78 is 1.82. The van der Waals surface area contributed by atoms with Crippen molar-refractivity contribution >= 4 is 35.2 Å². The highest BCUT2D eigenvalue weighted by Crippen LogP contribution is 2.39. The molecular weight excluding hydrogens is 434 g/mol. The fraction of sp³-hybridized carbons (Fsp3) is 0.261. The average Bonchev–Trinajstić information content (AvgIpc) is 3.49. The van der Waals surface area contributed by atoms with Crippen molar-refractivity contribution in [3.05, 3.63) is 82.6 Å². The molecule has 1 aliphatic carbocycles. The van der Waals surface area contributed by atoms with Gasteiger partial charge in [0.2, 0.25) is 0 Å². The maximum absolute atomic E-state index is 13.1. The highest BCUT2D eigenvalue weighted by atomic mass is 35.5. The van der Waals surface area contributed by atoms with E-state index in [2.05, 4.69) is 10.3 Å². The maximum atomic E-state index is 13.1. The number of carbonyl (C=O) groups is 2. The summed E-state index contributed by atoms with van der Waals surface area (Å²) in [5, 5.41) is 14.2. The lowest BCUT2D eigenvalue weighted by Crippen LogP contribution is -2.43. The van der Waals surface area contributed by atoms with Crippen molar-refractivity contribution in [1.82, 2.24) is 14.9 Å². The second kappa shape index (κ2) is 9.58. The van der Waals surface area contributed by atoms with E-state index in [-0.39, 0.29) is 6.42 Å². The van der Waals surface area contributed by atoms with Crippen LogP contribution in [0.3, 0.4) is 0 Å². The first kappa shape index (κ1) is 21.5. The Kier molecular flexibility index (Phi) is 6.63. The smallest absolute Gasteiger partial charge is 0.326 e. The van der Waals surface area contributed by atoms with Crippen LogP contribution in [0.5, 0.6) is 0 Å². The van der Waals surface area contributed by atoms with Gasteiger partial charge in [-0.2, -0.15) is 0 Å². The Bertz CT molecular complexity index is 1080. The third-order valence-corrected chi connectivity index (χ3v) is 6.73. The Balaban J connectivity index is 1.58. The van der Waals surface area contributed by atoms with Gasteiger partial charge in [0.1, 0.15) is 11.7 Å². The Morgan fingerprint density at radius 2 is 1.87 bits per heavy atom. The molecule has 1 saturated carbocycles. The van der Waals surface area contributed by atoms with Crippen molar-refractivity contribution in [2.75, 3.05) is 0 Å². The molecule has 160 valence electrons. The SMILES string of the molecule is O=C(N[C@@H](Cc1ccccc1)C(=O)O)c1cnc(SC2CC2)n1Cc1ccccc1Cl. The number of nitrogens with zero attached hydrogens (tertiary/aromatic N) is 2. The van der Waals surface area contributed by atoms with Crippen LogP contribution in [-0.4, -0.2) is 37.8 Å². The number of imidazole rings is 1. The standard InChI is InChI=1S/C23H22ClN3O3S/c24-18-9-5-4-8-16(18)14-27-20(13-25-23(27)31-17-10-11-17)21(28)26-19(22(29)30)12-15-6-2-1-3-7-15/h1-9,13,17,19H,10-12,14H2,(H,26,28)(H,29,30)/t19-/m0/s1. The molecule has 2 N–H and O–H groups in total. The van der Waals surface area contributed by atoms with Crippen molar-refractivity contribution < 1.29 is 14.7 Å². The molecule has 4 rings (SSSR count). The molecule has 1 heterocycles. The van der Waals surface area contributed by atoms with Gasteiger partial charge in [0.25, 0.3) is 5.91 Å². The predicted octanol–water partition coefficient (Wildman–Crippen LogP) is 4.27. The molecule has 0 bridgehead atoms. The molecule has 1 aliphatic rings. The van der Waals surface area contributed by atoms with Gasteiger partial charge in [-0.3, -0.25) is 4.79 Å². The molecule has 0 spiro atoms. The van der Waals surface area contributed by atoms with Crippen LogP contribution in [0.1, 0.15) is 34.5 Å². The summed E-state index contributed by atoms with van der Waals surface area (Å²) in [6, 6.07) is 15.7. The van der Waals surface area contributed by atoms with Crippen LogP contribution in [0, 0.1) is 0 Å². The van der Waals surface area contributed by atoms with E-state index in [9.17, 15) is 14.7 Å². The second-order valence-corrected chi connectivity index (χ2v) is 9.15. The molecule has 1 fully saturated rings. The van der Waals surface area contributed by atoms with Gasteiger partial charge in [-0.15, -0.1) is 0 Å². The van der Waals surface area contributed by atoms with Crippen molar-refractivity contribution in [3.8, 4) is 0 Å². The highest BCUT2D eigenvalue weighted by molar-refractivity contribution is 8.00. The fourth-order valence-electron chi connectivity index (χ4n) is 3.20. The minimum Gasteiger partial charge on any atom is -0.480 e. The summed E-state index contributed by atoms with van der Waals surface area (Å²) >= 11 is 7.98. The minimum absolute atomic E-state index is 0.199. The minimum atomic E-state index is -1.08. The number of nitrogens with one attached hydrogen (secondary N) is 1. The maximum Gasteiger partial charge on any atom is 0.326 e. The van der Waals surface area contributed by atoms with Crippen LogP contribution in [0.15, 0.2) is 66.0 Å². The van der Waals surface area contributed by atoms with Crippen LogP contribution < -0.4 is 5.32 Å². The molecule has 6 nitrogen and oxygen atoms in total. The van der Waals surface area contributed by atoms with Crippen LogP contribution in [0.25, 0.3) is 0 Å². The van der Waals surface area contributed by atoms with Gasteiger partial charge in [-0.05, 0) is 30.0 Å². The molecular formula is C23H22ClN3O3S. The monoisotopic (exact) mass is 455 g/mol. The number of hydrogen-bond donors (Lipinski definition) is 2. The fourth-order valence-corrected chi connectivity index (χ4v) is 4.47. The molecule has 1 amide bonds. The van der Waals surface area contributed by atoms with Gasteiger partial charge in [0, 0.05) is 16.7 Å². The van der Waals surface area contributed by atoms with E-state index in [0.717, 1.165) is 29.1 Å². The number of hydrogen-bond acceptors (Lipinski definition) is 4. The zero-order valence-electron chi connectivity index (χ0n) is 16.7. The van der Waals surface area contributed by atoms with E-state index in [1.165, 1.54) is 6.20 Å². The highest BCUT2D eigenvalue weighted by Gasteiger charge is 2.28. The number of halogens is 1. The zero-order chi connectivity index (χ0) is 21.8. The van der Waals surface area contributed by atoms with E-state index in [1.807, 2.05) is 59.2 Å². The Morgan fingerprint density at radius 1 is 1.16 bits per heavy atom. The van der Waals surface area contributed by atoms with Crippen molar-refractivity contribution in [1.29, 1.82) is 0 Å². The number of thioether (sulfide) groups is 1. The lowest BCUT2D eigenvalue weighted by molar-refractivity contribution is -0.139. The van der Waals surface area contributed by atoms with Gasteiger partial charge in [-0.1, -0.05) is 71.9 Å². The summed E-state index contributed by atoms with van der Waals surface area (Å²) in [6.07, 6.45) is 3.97.